The number of alkyl halides is 3. The lowest BCUT2D eigenvalue weighted by molar-refractivity contribution is -0.137. The van der Waals surface area contributed by atoms with Crippen molar-refractivity contribution >= 4 is 34.6 Å². The molecule has 1 unspecified atom stereocenters. The highest BCUT2D eigenvalue weighted by Crippen LogP contribution is 2.32. The van der Waals surface area contributed by atoms with Crippen molar-refractivity contribution in [3.05, 3.63) is 41.4 Å². The summed E-state index contributed by atoms with van der Waals surface area (Å²) in [5, 5.41) is 0.152. The van der Waals surface area contributed by atoms with Crippen molar-refractivity contribution in [3.8, 4) is 0 Å². The van der Waals surface area contributed by atoms with Gasteiger partial charge < -0.3 is 10.6 Å². The molecular weight excluding hydrogens is 297 g/mol. The van der Waals surface area contributed by atoms with Crippen molar-refractivity contribution in [2.24, 2.45) is 5.73 Å². The fraction of sp³-hybridized carbons (Fsp3) is 0.250. The Labute approximate surface area is 119 Å². The van der Waals surface area contributed by atoms with E-state index in [2.05, 4.69) is 6.58 Å². The Morgan fingerprint density at radius 2 is 2.05 bits per heavy atom. The van der Waals surface area contributed by atoms with Crippen LogP contribution in [0.15, 0.2) is 35.9 Å². The molecule has 0 aliphatic heterocycles. The zero-order valence-electron chi connectivity index (χ0n) is 10.0. The van der Waals surface area contributed by atoms with Crippen molar-refractivity contribution in [3.63, 3.8) is 0 Å². The molecule has 0 heterocycles. The van der Waals surface area contributed by atoms with E-state index in [0.717, 1.165) is 12.1 Å². The van der Waals surface area contributed by atoms with Gasteiger partial charge in [0.1, 0.15) is 0 Å². The Kier molecular flexibility index (Phi) is 4.81. The van der Waals surface area contributed by atoms with Crippen molar-refractivity contribution in [2.45, 2.75) is 19.1 Å². The zero-order valence-corrected chi connectivity index (χ0v) is 11.6. The fourth-order valence-electron chi connectivity index (χ4n) is 1.51. The molecule has 19 heavy (non-hydrogen) atoms. The maximum absolute atomic E-state index is 12.7. The van der Waals surface area contributed by atoms with E-state index < -0.39 is 17.8 Å². The van der Waals surface area contributed by atoms with Crippen LogP contribution in [0.1, 0.15) is 12.5 Å². The van der Waals surface area contributed by atoms with Gasteiger partial charge in [-0.1, -0.05) is 24.2 Å². The predicted molar refractivity (Wildman–Crippen MR) is 75.2 cm³/mol. The van der Waals surface area contributed by atoms with Gasteiger partial charge in [0.15, 0.2) is 5.11 Å². The molecule has 0 bridgehead atoms. The largest absolute Gasteiger partial charge is 0.416 e. The molecule has 0 aliphatic rings. The van der Waals surface area contributed by atoms with Crippen LogP contribution < -0.4 is 10.6 Å². The second kappa shape index (κ2) is 5.79. The number of nitrogens with two attached hydrogens (primary N) is 1. The first kappa shape index (κ1) is 15.8. The molecular formula is C12H12ClF3N2S. The van der Waals surface area contributed by atoms with Crippen molar-refractivity contribution in [1.29, 1.82) is 0 Å². The average molecular weight is 309 g/mol. The molecule has 1 atom stereocenters. The Morgan fingerprint density at radius 1 is 1.47 bits per heavy atom. The first-order valence-electron chi connectivity index (χ1n) is 5.25. The van der Waals surface area contributed by atoms with E-state index in [0.29, 0.717) is 0 Å². The van der Waals surface area contributed by atoms with Crippen LogP contribution in [0.4, 0.5) is 18.9 Å². The van der Waals surface area contributed by atoms with Crippen LogP contribution in [0.3, 0.4) is 0 Å². The van der Waals surface area contributed by atoms with Gasteiger partial charge in [-0.25, -0.2) is 0 Å². The number of nitrogens with zero attached hydrogens (tertiary/aromatic N) is 1. The molecule has 0 aliphatic carbocycles. The van der Waals surface area contributed by atoms with Crippen molar-refractivity contribution in [1.82, 2.24) is 0 Å². The summed E-state index contributed by atoms with van der Waals surface area (Å²) in [6.45, 7) is 5.19. The molecule has 0 spiro atoms. The Balaban J connectivity index is 3.25. The molecule has 0 radical (unpaired) electrons. The number of benzene rings is 1. The monoisotopic (exact) mass is 308 g/mol. The van der Waals surface area contributed by atoms with Gasteiger partial charge in [0.2, 0.25) is 0 Å². The molecule has 0 saturated carbocycles. The first-order chi connectivity index (χ1) is 8.64. The fourth-order valence-corrected chi connectivity index (χ4v) is 1.87. The second-order valence-electron chi connectivity index (χ2n) is 3.88. The van der Waals surface area contributed by atoms with Crippen molar-refractivity contribution in [2.75, 3.05) is 4.90 Å². The third kappa shape index (κ3) is 3.84. The molecule has 0 saturated heterocycles. The molecule has 1 aromatic rings. The minimum Gasteiger partial charge on any atom is -0.376 e. The van der Waals surface area contributed by atoms with Gasteiger partial charge >= 0.3 is 6.18 Å². The third-order valence-corrected chi connectivity index (χ3v) is 3.04. The van der Waals surface area contributed by atoms with E-state index in [9.17, 15) is 13.2 Å². The van der Waals surface area contributed by atoms with Crippen LogP contribution in [-0.4, -0.2) is 11.2 Å². The summed E-state index contributed by atoms with van der Waals surface area (Å²) in [6.07, 6.45) is -4.43. The lowest BCUT2D eigenvalue weighted by atomic mass is 10.1. The molecule has 0 fully saturated rings. The zero-order chi connectivity index (χ0) is 14.8. The van der Waals surface area contributed by atoms with E-state index in [1.165, 1.54) is 17.0 Å². The van der Waals surface area contributed by atoms with E-state index >= 15 is 0 Å². The number of thiocarbonyl (C=S) groups is 1. The molecule has 0 amide bonds. The van der Waals surface area contributed by atoms with E-state index in [1.807, 2.05) is 0 Å². The molecule has 104 valence electrons. The van der Waals surface area contributed by atoms with Crippen molar-refractivity contribution < 1.29 is 13.2 Å². The highest BCUT2D eigenvalue weighted by molar-refractivity contribution is 7.80. The summed E-state index contributed by atoms with van der Waals surface area (Å²) in [6, 6.07) is 4.19. The Hall–Kier alpha value is -1.27. The highest BCUT2D eigenvalue weighted by Gasteiger charge is 2.31. The van der Waals surface area contributed by atoms with E-state index in [-0.39, 0.29) is 15.8 Å². The molecule has 2 N–H and O–H groups in total. The van der Waals surface area contributed by atoms with Crippen LogP contribution in [0.25, 0.3) is 0 Å². The normalized spacial score (nSPS) is 12.9. The molecule has 7 heteroatoms. The van der Waals surface area contributed by atoms with Gasteiger partial charge in [-0.2, -0.15) is 13.2 Å². The quantitative estimate of drug-likeness (QED) is 0.859. The van der Waals surface area contributed by atoms with E-state index in [4.69, 9.17) is 29.6 Å². The summed E-state index contributed by atoms with van der Waals surface area (Å²) in [7, 11) is 0. The minimum atomic E-state index is -4.43. The van der Waals surface area contributed by atoms with Gasteiger partial charge in [0, 0.05) is 10.7 Å². The summed E-state index contributed by atoms with van der Waals surface area (Å²) in [5.74, 6) is 0. The summed E-state index contributed by atoms with van der Waals surface area (Å²) >= 11 is 10.6. The smallest absolute Gasteiger partial charge is 0.376 e. The van der Waals surface area contributed by atoms with E-state index in [1.54, 1.807) is 6.92 Å². The Bertz CT molecular complexity index is 502. The first-order valence-corrected chi connectivity index (χ1v) is 6.03. The number of hydrogen-bond acceptors (Lipinski definition) is 1. The second-order valence-corrected chi connectivity index (χ2v) is 4.78. The van der Waals surface area contributed by atoms with Gasteiger partial charge in [0.05, 0.1) is 11.6 Å². The van der Waals surface area contributed by atoms with Gasteiger partial charge in [-0.3, -0.25) is 0 Å². The molecule has 2 nitrogen and oxygen atoms in total. The summed E-state index contributed by atoms with van der Waals surface area (Å²) < 4.78 is 38.0. The molecule has 0 aromatic heterocycles. The standard InChI is InChI=1S/C12H12ClF3N2S/c1-7(13)8(2)18(11(17)19)10-5-3-4-9(6-10)12(14,15)16/h3-6,8H,1H2,2H3,(H2,17,19). The topological polar surface area (TPSA) is 29.3 Å². The number of anilines is 1. The van der Waals surface area contributed by atoms with Gasteiger partial charge in [-0.05, 0) is 37.3 Å². The van der Waals surface area contributed by atoms with Gasteiger partial charge in [0.25, 0.3) is 0 Å². The van der Waals surface area contributed by atoms with Crippen LogP contribution >= 0.6 is 23.8 Å². The minimum absolute atomic E-state index is 0.0753. The average Bonchev–Trinajstić information content (AvgIpc) is 2.27. The van der Waals surface area contributed by atoms with Crippen LogP contribution in [0.2, 0.25) is 0 Å². The van der Waals surface area contributed by atoms with Gasteiger partial charge in [-0.15, -0.1) is 0 Å². The maximum Gasteiger partial charge on any atom is 0.416 e. The third-order valence-electron chi connectivity index (χ3n) is 2.53. The lowest BCUT2D eigenvalue weighted by Gasteiger charge is -2.29. The SMILES string of the molecule is C=C(Cl)C(C)N(C(N)=S)c1cccc(C(F)(F)F)c1. The molecule has 1 rings (SSSR count). The number of halogens is 4. The Morgan fingerprint density at radius 3 is 2.47 bits per heavy atom. The van der Waals surface area contributed by atoms with Crippen LogP contribution in [0, 0.1) is 0 Å². The highest BCUT2D eigenvalue weighted by atomic mass is 35.5. The van der Waals surface area contributed by atoms with Crippen LogP contribution in [0.5, 0.6) is 0 Å². The number of rotatable bonds is 3. The lowest BCUT2D eigenvalue weighted by Crippen LogP contribution is -2.42. The predicted octanol–water partition coefficient (Wildman–Crippen LogP) is 3.90. The maximum atomic E-state index is 12.7. The number of hydrogen-bond donors (Lipinski definition) is 1. The summed E-state index contributed by atoms with van der Waals surface area (Å²) in [4.78, 5) is 1.32. The molecule has 1 aromatic carbocycles. The summed E-state index contributed by atoms with van der Waals surface area (Å²) in [5.41, 5.74) is 4.98. The van der Waals surface area contributed by atoms with Crippen LogP contribution in [-0.2, 0) is 6.18 Å².